The Bertz CT molecular complexity index is 150. The second kappa shape index (κ2) is 3.71. The molecule has 0 saturated carbocycles. The Morgan fingerprint density at radius 2 is 1.00 bits per heavy atom. The molecule has 1 rings (SSSR count). The van der Waals surface area contributed by atoms with Gasteiger partial charge in [0.1, 0.15) is 11.5 Å². The maximum Gasteiger partial charge on any atom is 0.115 e. The second-order valence-electron chi connectivity index (χ2n) is 1.52. The summed E-state index contributed by atoms with van der Waals surface area (Å²) in [6, 6.07) is 5.70. The van der Waals surface area contributed by atoms with Gasteiger partial charge in [0.25, 0.3) is 0 Å². The molecule has 0 aliphatic carbocycles. The minimum absolute atomic E-state index is 0. The summed E-state index contributed by atoms with van der Waals surface area (Å²) in [5.74, 6) is 0.339. The molecule has 0 aliphatic heterocycles. The molecule has 3 heteroatoms. The van der Waals surface area contributed by atoms with Crippen LogP contribution in [-0.4, -0.2) is 37.5 Å². The Kier molecular flexibility index (Phi) is 3.60. The standard InChI is InChI=1S/C6H6O2.Tl/c7-5-1-2-6(8)4-3-5;/h1-4,7-8H;. The van der Waals surface area contributed by atoms with E-state index in [0.29, 0.717) is 0 Å². The molecule has 0 heterocycles. The first-order chi connectivity index (χ1) is 3.79. The van der Waals surface area contributed by atoms with E-state index >= 15 is 0 Å². The number of hydrogen-bond acceptors (Lipinski definition) is 2. The van der Waals surface area contributed by atoms with E-state index in [2.05, 4.69) is 0 Å². The van der Waals surface area contributed by atoms with E-state index in [-0.39, 0.29) is 38.8 Å². The molecule has 1 radical (unpaired) electrons. The van der Waals surface area contributed by atoms with Crippen molar-refractivity contribution in [3.63, 3.8) is 0 Å². The van der Waals surface area contributed by atoms with Crippen molar-refractivity contribution < 1.29 is 10.2 Å². The van der Waals surface area contributed by atoms with Gasteiger partial charge in [0, 0.05) is 27.3 Å². The average molecular weight is 314 g/mol. The summed E-state index contributed by atoms with van der Waals surface area (Å²) in [4.78, 5) is 0. The van der Waals surface area contributed by atoms with Crippen molar-refractivity contribution in [3.8, 4) is 11.5 Å². The van der Waals surface area contributed by atoms with E-state index in [9.17, 15) is 0 Å². The van der Waals surface area contributed by atoms with Crippen LogP contribution in [-0.2, 0) is 0 Å². The fourth-order valence-electron chi connectivity index (χ4n) is 0.453. The monoisotopic (exact) mass is 315 g/mol. The second-order valence-corrected chi connectivity index (χ2v) is 1.52. The molecule has 2 N–H and O–H groups in total. The maximum atomic E-state index is 8.65. The first-order valence-corrected chi connectivity index (χ1v) is 2.27. The third-order valence-electron chi connectivity index (χ3n) is 0.850. The summed E-state index contributed by atoms with van der Waals surface area (Å²) < 4.78 is 0. The van der Waals surface area contributed by atoms with E-state index in [1.165, 1.54) is 24.3 Å². The minimum Gasteiger partial charge on any atom is -0.508 e. The van der Waals surface area contributed by atoms with Gasteiger partial charge in [-0.2, -0.15) is 0 Å². The van der Waals surface area contributed by atoms with Crippen LogP contribution in [0.2, 0.25) is 0 Å². The third-order valence-corrected chi connectivity index (χ3v) is 0.850. The fourth-order valence-corrected chi connectivity index (χ4v) is 0.453. The van der Waals surface area contributed by atoms with Crippen LogP contribution in [0.3, 0.4) is 0 Å². The van der Waals surface area contributed by atoms with Crippen molar-refractivity contribution in [2.75, 3.05) is 0 Å². The Labute approximate surface area is 73.3 Å². The van der Waals surface area contributed by atoms with E-state index < -0.39 is 0 Å². The van der Waals surface area contributed by atoms with Gasteiger partial charge in [-0.3, -0.25) is 0 Å². The molecule has 0 unspecified atom stereocenters. The molecule has 2 nitrogen and oxygen atoms in total. The molecule has 1 aromatic rings. The van der Waals surface area contributed by atoms with Crippen LogP contribution in [0.4, 0.5) is 0 Å². The molecule has 0 fully saturated rings. The van der Waals surface area contributed by atoms with Crippen LogP contribution >= 0.6 is 0 Å². The van der Waals surface area contributed by atoms with Gasteiger partial charge in [-0.25, -0.2) is 0 Å². The topological polar surface area (TPSA) is 40.5 Å². The zero-order valence-corrected chi connectivity index (χ0v) is 9.27. The van der Waals surface area contributed by atoms with Gasteiger partial charge in [-0.1, -0.05) is 0 Å². The van der Waals surface area contributed by atoms with Gasteiger partial charge < -0.3 is 10.2 Å². The summed E-state index contributed by atoms with van der Waals surface area (Å²) in [7, 11) is 0. The predicted molar refractivity (Wildman–Crippen MR) is 35.5 cm³/mol. The molecule has 0 atom stereocenters. The van der Waals surface area contributed by atoms with Gasteiger partial charge in [-0.05, 0) is 24.3 Å². The van der Waals surface area contributed by atoms with E-state index in [4.69, 9.17) is 10.2 Å². The Morgan fingerprint density at radius 3 is 1.22 bits per heavy atom. The molecule has 0 saturated heterocycles. The number of benzene rings is 1. The summed E-state index contributed by atoms with van der Waals surface area (Å²) in [6.07, 6.45) is 0. The Morgan fingerprint density at radius 1 is 0.778 bits per heavy atom. The normalized spacial score (nSPS) is 8.00. The molecule has 0 spiro atoms. The SMILES string of the molecule is Oc1ccc(O)cc1.[Tl]. The van der Waals surface area contributed by atoms with Crippen molar-refractivity contribution >= 4 is 27.3 Å². The van der Waals surface area contributed by atoms with Crippen LogP contribution in [0.25, 0.3) is 0 Å². The summed E-state index contributed by atoms with van der Waals surface area (Å²) in [5.41, 5.74) is 0. The van der Waals surface area contributed by atoms with Gasteiger partial charge in [0.15, 0.2) is 0 Å². The van der Waals surface area contributed by atoms with Gasteiger partial charge >= 0.3 is 0 Å². The Hall–Kier alpha value is -0.258. The molecule has 45 valence electrons. The quantitative estimate of drug-likeness (QED) is 0.547. The number of rotatable bonds is 0. The fraction of sp³-hybridized carbons (Fsp3) is 0. The Balaban J connectivity index is 0.000000640. The molecule has 0 amide bonds. The molecular weight excluding hydrogens is 308 g/mol. The number of phenols is 2. The number of phenolic OH excluding ortho intramolecular Hbond substituents is 2. The molecule has 1 aromatic carbocycles. The van der Waals surface area contributed by atoms with Crippen LogP contribution in [0.15, 0.2) is 24.3 Å². The molecular formula is C6H6O2Tl. The van der Waals surface area contributed by atoms with Gasteiger partial charge in [0.2, 0.25) is 0 Å². The largest absolute Gasteiger partial charge is 0.508 e. The zero-order valence-electron chi connectivity index (χ0n) is 4.78. The van der Waals surface area contributed by atoms with E-state index in [1.807, 2.05) is 0 Å². The van der Waals surface area contributed by atoms with Crippen molar-refractivity contribution in [1.29, 1.82) is 0 Å². The minimum atomic E-state index is 0. The molecule has 0 aliphatic rings. The third kappa shape index (κ3) is 2.69. The van der Waals surface area contributed by atoms with Crippen LogP contribution < -0.4 is 0 Å². The number of hydrogen-bond donors (Lipinski definition) is 2. The molecule has 0 aromatic heterocycles. The van der Waals surface area contributed by atoms with E-state index in [0.717, 1.165) is 0 Å². The van der Waals surface area contributed by atoms with Gasteiger partial charge in [0.05, 0.1) is 0 Å². The van der Waals surface area contributed by atoms with Gasteiger partial charge in [-0.15, -0.1) is 0 Å². The molecule has 0 bridgehead atoms. The van der Waals surface area contributed by atoms with Crippen molar-refractivity contribution in [1.82, 2.24) is 0 Å². The molecule has 9 heavy (non-hydrogen) atoms. The van der Waals surface area contributed by atoms with Crippen LogP contribution in [0, 0.1) is 0 Å². The first-order valence-electron chi connectivity index (χ1n) is 2.27. The average Bonchev–Trinajstić information content (AvgIpc) is 1.77. The van der Waals surface area contributed by atoms with Crippen molar-refractivity contribution in [2.45, 2.75) is 0 Å². The predicted octanol–water partition coefficient (Wildman–Crippen LogP) is 0.717. The smallest absolute Gasteiger partial charge is 0.115 e. The first kappa shape index (κ1) is 8.74. The number of aromatic hydroxyl groups is 2. The zero-order chi connectivity index (χ0) is 5.98. The maximum absolute atomic E-state index is 8.65. The summed E-state index contributed by atoms with van der Waals surface area (Å²) in [6.45, 7) is 0. The summed E-state index contributed by atoms with van der Waals surface area (Å²) in [5, 5.41) is 17.3. The van der Waals surface area contributed by atoms with Crippen molar-refractivity contribution in [2.24, 2.45) is 0 Å². The van der Waals surface area contributed by atoms with Crippen molar-refractivity contribution in [3.05, 3.63) is 24.3 Å². The summed E-state index contributed by atoms with van der Waals surface area (Å²) >= 11 is 0. The van der Waals surface area contributed by atoms with E-state index in [1.54, 1.807) is 0 Å². The van der Waals surface area contributed by atoms with Crippen LogP contribution in [0.5, 0.6) is 11.5 Å². The van der Waals surface area contributed by atoms with Crippen LogP contribution in [0.1, 0.15) is 0 Å².